The number of ether oxygens (including phenoxy) is 2. The molecule has 0 radical (unpaired) electrons. The van der Waals surface area contributed by atoms with Crippen LogP contribution in [-0.2, 0) is 4.74 Å². The van der Waals surface area contributed by atoms with Crippen molar-refractivity contribution in [2.24, 2.45) is 0 Å². The van der Waals surface area contributed by atoms with Crippen molar-refractivity contribution in [2.45, 2.75) is 0 Å². The lowest BCUT2D eigenvalue weighted by molar-refractivity contribution is 0.0899. The first-order valence-electron chi connectivity index (χ1n) is 8.22. The standard InChI is InChI=1S/C18H16Cl2F2N4O2/c19-11-6-13(22)16(7-12(11)20)26-18-10-5-14(23)17(8-15(10)24-9-25-18)28-4-3-27-2-1-21/h5-9H,1-4,23H2,(H,24,25,26). The molecule has 0 amide bonds. The van der Waals surface area contributed by atoms with E-state index in [1.54, 1.807) is 12.1 Å². The lowest BCUT2D eigenvalue weighted by atomic mass is 10.2. The molecule has 3 rings (SSSR count). The van der Waals surface area contributed by atoms with Crippen molar-refractivity contribution >= 4 is 51.3 Å². The van der Waals surface area contributed by atoms with E-state index in [9.17, 15) is 8.78 Å². The predicted octanol–water partition coefficient (Wildman–Crippen LogP) is 4.77. The van der Waals surface area contributed by atoms with E-state index in [0.29, 0.717) is 28.2 Å². The zero-order valence-electron chi connectivity index (χ0n) is 14.5. The molecular formula is C18H16Cl2F2N4O2. The maximum atomic E-state index is 14.2. The van der Waals surface area contributed by atoms with Gasteiger partial charge in [0.1, 0.15) is 37.0 Å². The highest BCUT2D eigenvalue weighted by atomic mass is 35.5. The lowest BCUT2D eigenvalue weighted by Crippen LogP contribution is -2.09. The van der Waals surface area contributed by atoms with Gasteiger partial charge in [-0.15, -0.1) is 0 Å². The Kier molecular flexibility index (Phi) is 6.66. The van der Waals surface area contributed by atoms with E-state index < -0.39 is 12.5 Å². The van der Waals surface area contributed by atoms with E-state index in [0.717, 1.165) is 6.07 Å². The summed E-state index contributed by atoms with van der Waals surface area (Å²) in [5, 5.41) is 3.75. The number of hydrogen-bond acceptors (Lipinski definition) is 6. The SMILES string of the molecule is Nc1cc2c(Nc3cc(Cl)c(Cl)cc3F)ncnc2cc1OCCOCCF. The van der Waals surface area contributed by atoms with Gasteiger partial charge in [0.25, 0.3) is 0 Å². The van der Waals surface area contributed by atoms with Crippen molar-refractivity contribution in [1.29, 1.82) is 0 Å². The van der Waals surface area contributed by atoms with E-state index in [1.165, 1.54) is 12.4 Å². The summed E-state index contributed by atoms with van der Waals surface area (Å²) in [6.07, 6.45) is 1.32. The van der Waals surface area contributed by atoms with Crippen molar-refractivity contribution < 1.29 is 18.3 Å². The second-order valence-electron chi connectivity index (χ2n) is 5.65. The van der Waals surface area contributed by atoms with Gasteiger partial charge < -0.3 is 20.5 Å². The molecule has 0 spiro atoms. The van der Waals surface area contributed by atoms with Gasteiger partial charge in [0, 0.05) is 11.5 Å². The van der Waals surface area contributed by atoms with Crippen LogP contribution in [-0.4, -0.2) is 36.5 Å². The van der Waals surface area contributed by atoms with Gasteiger partial charge in [0.15, 0.2) is 0 Å². The highest BCUT2D eigenvalue weighted by Crippen LogP contribution is 2.33. The van der Waals surface area contributed by atoms with E-state index in [-0.39, 0.29) is 35.6 Å². The van der Waals surface area contributed by atoms with Gasteiger partial charge in [-0.25, -0.2) is 18.7 Å². The fraction of sp³-hybridized carbons (Fsp3) is 0.222. The summed E-state index contributed by atoms with van der Waals surface area (Å²) in [5.74, 6) is 0.163. The second-order valence-corrected chi connectivity index (χ2v) is 6.46. The number of nitrogens with zero attached hydrogens (tertiary/aromatic N) is 2. The molecule has 0 unspecified atom stereocenters. The van der Waals surface area contributed by atoms with Crippen LogP contribution in [0.4, 0.5) is 26.0 Å². The van der Waals surface area contributed by atoms with Gasteiger partial charge in [-0.3, -0.25) is 0 Å². The van der Waals surface area contributed by atoms with Gasteiger partial charge in [-0.2, -0.15) is 0 Å². The highest BCUT2D eigenvalue weighted by molar-refractivity contribution is 6.42. The van der Waals surface area contributed by atoms with Crippen molar-refractivity contribution in [3.8, 4) is 5.75 Å². The topological polar surface area (TPSA) is 82.3 Å². The molecule has 28 heavy (non-hydrogen) atoms. The summed E-state index contributed by atoms with van der Waals surface area (Å²) in [7, 11) is 0. The summed E-state index contributed by atoms with van der Waals surface area (Å²) in [6.45, 7) is -0.0940. The first-order valence-corrected chi connectivity index (χ1v) is 8.97. The Morgan fingerprint density at radius 2 is 1.82 bits per heavy atom. The molecule has 3 N–H and O–H groups in total. The normalized spacial score (nSPS) is 11.0. The first kappa shape index (κ1) is 20.3. The van der Waals surface area contributed by atoms with Crippen molar-refractivity contribution in [3.63, 3.8) is 0 Å². The van der Waals surface area contributed by atoms with Crippen LogP contribution in [0.25, 0.3) is 10.9 Å². The summed E-state index contributed by atoms with van der Waals surface area (Å²) < 4.78 is 36.7. The average Bonchev–Trinajstić information content (AvgIpc) is 2.66. The van der Waals surface area contributed by atoms with Crippen molar-refractivity contribution in [3.05, 3.63) is 46.5 Å². The largest absolute Gasteiger partial charge is 0.489 e. The molecule has 0 aliphatic heterocycles. The van der Waals surface area contributed by atoms with Gasteiger partial charge in [0.05, 0.1) is 40.2 Å². The van der Waals surface area contributed by atoms with Gasteiger partial charge in [0.2, 0.25) is 0 Å². The zero-order chi connectivity index (χ0) is 20.1. The minimum atomic E-state index is -0.581. The van der Waals surface area contributed by atoms with Crippen LogP contribution in [0, 0.1) is 5.82 Å². The third kappa shape index (κ3) is 4.70. The minimum Gasteiger partial charge on any atom is -0.489 e. The molecule has 10 heteroatoms. The Hall–Kier alpha value is -2.42. The summed E-state index contributed by atoms with van der Waals surface area (Å²) in [5.41, 5.74) is 7.02. The Labute approximate surface area is 169 Å². The fourth-order valence-electron chi connectivity index (χ4n) is 2.44. The fourth-order valence-corrected chi connectivity index (χ4v) is 2.75. The number of alkyl halides is 1. The second kappa shape index (κ2) is 9.18. The molecule has 0 aliphatic rings. The quantitative estimate of drug-likeness (QED) is 0.305. The molecule has 0 aliphatic carbocycles. The molecule has 6 nitrogen and oxygen atoms in total. The summed E-state index contributed by atoms with van der Waals surface area (Å²) in [4.78, 5) is 8.33. The third-order valence-corrected chi connectivity index (χ3v) is 4.46. The number of halogens is 4. The van der Waals surface area contributed by atoms with Crippen LogP contribution in [0.3, 0.4) is 0 Å². The van der Waals surface area contributed by atoms with Crippen LogP contribution in [0.15, 0.2) is 30.6 Å². The van der Waals surface area contributed by atoms with Gasteiger partial charge >= 0.3 is 0 Å². The molecule has 0 fully saturated rings. The van der Waals surface area contributed by atoms with Crippen LogP contribution in [0.5, 0.6) is 5.75 Å². The molecular weight excluding hydrogens is 413 g/mol. The van der Waals surface area contributed by atoms with Crippen molar-refractivity contribution in [1.82, 2.24) is 9.97 Å². The molecule has 1 aromatic heterocycles. The van der Waals surface area contributed by atoms with E-state index in [2.05, 4.69) is 15.3 Å². The number of rotatable bonds is 8. The van der Waals surface area contributed by atoms with E-state index in [4.69, 9.17) is 38.4 Å². The monoisotopic (exact) mass is 428 g/mol. The number of nitrogens with two attached hydrogens (primary N) is 1. The molecule has 148 valence electrons. The third-order valence-electron chi connectivity index (χ3n) is 3.74. The van der Waals surface area contributed by atoms with Crippen LogP contribution >= 0.6 is 23.2 Å². The molecule has 0 atom stereocenters. The maximum absolute atomic E-state index is 14.2. The van der Waals surface area contributed by atoms with Gasteiger partial charge in [-0.1, -0.05) is 23.2 Å². The average molecular weight is 429 g/mol. The molecule has 0 bridgehead atoms. The number of benzene rings is 2. The van der Waals surface area contributed by atoms with E-state index in [1.807, 2.05) is 0 Å². The highest BCUT2D eigenvalue weighted by Gasteiger charge is 2.13. The van der Waals surface area contributed by atoms with Crippen molar-refractivity contribution in [2.75, 3.05) is 37.5 Å². The van der Waals surface area contributed by atoms with E-state index >= 15 is 0 Å². The summed E-state index contributed by atoms with van der Waals surface area (Å²) >= 11 is 11.8. The molecule has 1 heterocycles. The molecule has 0 saturated heterocycles. The van der Waals surface area contributed by atoms with Crippen LogP contribution in [0.2, 0.25) is 10.0 Å². The molecule has 0 saturated carbocycles. The Morgan fingerprint density at radius 1 is 1.04 bits per heavy atom. The molecule has 2 aromatic carbocycles. The lowest BCUT2D eigenvalue weighted by Gasteiger charge is -2.13. The molecule has 3 aromatic rings. The van der Waals surface area contributed by atoms with Gasteiger partial charge in [-0.05, 0) is 18.2 Å². The Bertz CT molecular complexity index is 991. The van der Waals surface area contributed by atoms with Crippen LogP contribution in [0.1, 0.15) is 0 Å². The number of aromatic nitrogens is 2. The Morgan fingerprint density at radius 3 is 2.61 bits per heavy atom. The van der Waals surface area contributed by atoms with Crippen LogP contribution < -0.4 is 15.8 Å². The number of hydrogen-bond donors (Lipinski definition) is 2. The number of nitrogens with one attached hydrogen (secondary N) is 1. The predicted molar refractivity (Wildman–Crippen MR) is 106 cm³/mol. The number of anilines is 3. The Balaban J connectivity index is 1.85. The summed E-state index contributed by atoms with van der Waals surface area (Å²) in [6, 6.07) is 5.73. The zero-order valence-corrected chi connectivity index (χ0v) is 16.0. The first-order chi connectivity index (χ1) is 13.5. The minimum absolute atomic E-state index is 0.0179. The smallest absolute Gasteiger partial charge is 0.148 e. The maximum Gasteiger partial charge on any atom is 0.148 e. The number of fused-ring (bicyclic) bond motifs is 1. The number of nitrogen functional groups attached to an aromatic ring is 1.